The number of aryl methyl sites for hydroxylation is 2. The predicted octanol–water partition coefficient (Wildman–Crippen LogP) is 3.56. The quantitative estimate of drug-likeness (QED) is 0.392. The summed E-state index contributed by atoms with van der Waals surface area (Å²) in [6.07, 6.45) is 5.58. The second-order valence-electron chi connectivity index (χ2n) is 8.03. The Hall–Kier alpha value is -4.33. The Kier molecular flexibility index (Phi) is 5.41. The number of hydrogen-bond donors (Lipinski definition) is 0. The van der Waals surface area contributed by atoms with Crippen molar-refractivity contribution in [2.75, 3.05) is 6.61 Å². The summed E-state index contributed by atoms with van der Waals surface area (Å²) in [7, 11) is 1.64. The molecule has 5 aromatic rings. The van der Waals surface area contributed by atoms with E-state index in [9.17, 15) is 9.59 Å². The first-order chi connectivity index (χ1) is 16.5. The van der Waals surface area contributed by atoms with Gasteiger partial charge in [-0.3, -0.25) is 22.9 Å². The third-order valence-corrected chi connectivity index (χ3v) is 5.83. The van der Waals surface area contributed by atoms with E-state index in [4.69, 9.17) is 9.72 Å². The third-order valence-electron chi connectivity index (χ3n) is 5.83. The SMILES string of the molecule is CCOc1ccccc1-n1c(C)cn2c3c(=O)n(C/C=C\c4ccccc4)c(=O)n(C)c3nc12. The van der Waals surface area contributed by atoms with E-state index in [1.807, 2.05) is 91.4 Å². The van der Waals surface area contributed by atoms with Crippen molar-refractivity contribution < 1.29 is 4.74 Å². The average Bonchev–Trinajstić information content (AvgIpc) is 3.36. The lowest BCUT2D eigenvalue weighted by Crippen LogP contribution is -2.39. The van der Waals surface area contributed by atoms with Crippen molar-refractivity contribution in [2.45, 2.75) is 20.4 Å². The first-order valence-electron chi connectivity index (χ1n) is 11.1. The van der Waals surface area contributed by atoms with Gasteiger partial charge in [0.1, 0.15) is 5.75 Å². The second-order valence-corrected chi connectivity index (χ2v) is 8.03. The summed E-state index contributed by atoms with van der Waals surface area (Å²) in [5.41, 5.74) is 2.63. The van der Waals surface area contributed by atoms with Crippen LogP contribution in [0.1, 0.15) is 18.2 Å². The van der Waals surface area contributed by atoms with Crippen LogP contribution in [0.5, 0.6) is 5.75 Å². The van der Waals surface area contributed by atoms with Gasteiger partial charge in [-0.15, -0.1) is 0 Å². The first kappa shape index (κ1) is 21.5. The van der Waals surface area contributed by atoms with Gasteiger partial charge in [-0.2, -0.15) is 4.98 Å². The molecule has 34 heavy (non-hydrogen) atoms. The molecule has 3 heterocycles. The molecule has 0 amide bonds. The Bertz CT molecular complexity index is 1650. The number of hydrogen-bond acceptors (Lipinski definition) is 4. The van der Waals surface area contributed by atoms with Crippen LogP contribution in [0.3, 0.4) is 0 Å². The Labute approximate surface area is 195 Å². The minimum Gasteiger partial charge on any atom is -0.492 e. The fraction of sp³-hybridized carbons (Fsp3) is 0.192. The normalized spacial score (nSPS) is 11.7. The molecule has 0 bridgehead atoms. The maximum Gasteiger partial charge on any atom is 0.332 e. The zero-order chi connectivity index (χ0) is 23.8. The minimum atomic E-state index is -0.408. The number of ether oxygens (including phenoxy) is 1. The van der Waals surface area contributed by atoms with Crippen LogP contribution >= 0.6 is 0 Å². The molecule has 5 rings (SSSR count). The molecule has 0 aliphatic carbocycles. The number of aromatic nitrogens is 5. The van der Waals surface area contributed by atoms with Crippen molar-refractivity contribution in [3.63, 3.8) is 0 Å². The largest absolute Gasteiger partial charge is 0.492 e. The molecule has 3 aromatic heterocycles. The van der Waals surface area contributed by atoms with E-state index < -0.39 is 5.69 Å². The second kappa shape index (κ2) is 8.55. The molecule has 0 fully saturated rings. The zero-order valence-corrected chi connectivity index (χ0v) is 19.3. The monoisotopic (exact) mass is 455 g/mol. The van der Waals surface area contributed by atoms with E-state index in [2.05, 4.69) is 0 Å². The number of fused-ring (bicyclic) bond motifs is 3. The van der Waals surface area contributed by atoms with Crippen LogP contribution in [0.4, 0.5) is 0 Å². The van der Waals surface area contributed by atoms with Crippen LogP contribution in [-0.2, 0) is 13.6 Å². The lowest BCUT2D eigenvalue weighted by atomic mass is 10.2. The molecule has 0 radical (unpaired) electrons. The molecule has 172 valence electrons. The highest BCUT2D eigenvalue weighted by Crippen LogP contribution is 2.27. The number of para-hydroxylation sites is 2. The number of benzene rings is 2. The molecule has 8 heteroatoms. The molecule has 2 aromatic carbocycles. The van der Waals surface area contributed by atoms with Gasteiger partial charge in [0.15, 0.2) is 11.2 Å². The standard InChI is InChI=1S/C26H25N5O3/c1-4-34-21-15-9-8-14-20(21)31-18(2)17-30-22-23(27-25(30)31)28(3)26(33)29(24(22)32)16-10-13-19-11-6-5-7-12-19/h5-15,17H,4,16H2,1-3H3/b13-10-. The smallest absolute Gasteiger partial charge is 0.332 e. The van der Waals surface area contributed by atoms with Crippen LogP contribution in [0, 0.1) is 6.92 Å². The van der Waals surface area contributed by atoms with E-state index in [-0.39, 0.29) is 12.1 Å². The molecular formula is C26H25N5O3. The number of allylic oxidation sites excluding steroid dienone is 1. The Morgan fingerprint density at radius 2 is 1.76 bits per heavy atom. The Morgan fingerprint density at radius 3 is 2.53 bits per heavy atom. The lowest BCUT2D eigenvalue weighted by Gasteiger charge is -2.12. The molecule has 0 aliphatic heterocycles. The summed E-state index contributed by atoms with van der Waals surface area (Å²) in [5.74, 6) is 1.26. The van der Waals surface area contributed by atoms with Gasteiger partial charge in [0.05, 0.1) is 12.3 Å². The van der Waals surface area contributed by atoms with Crippen molar-refractivity contribution in [2.24, 2.45) is 7.05 Å². The maximum absolute atomic E-state index is 13.5. The highest BCUT2D eigenvalue weighted by atomic mass is 16.5. The van der Waals surface area contributed by atoms with E-state index >= 15 is 0 Å². The van der Waals surface area contributed by atoms with Gasteiger partial charge >= 0.3 is 5.69 Å². The fourth-order valence-corrected chi connectivity index (χ4v) is 4.25. The van der Waals surface area contributed by atoms with Gasteiger partial charge in [-0.05, 0) is 31.5 Å². The summed E-state index contributed by atoms with van der Waals surface area (Å²) in [5, 5.41) is 0. The van der Waals surface area contributed by atoms with Gasteiger partial charge in [0, 0.05) is 25.5 Å². The summed E-state index contributed by atoms with van der Waals surface area (Å²) in [6, 6.07) is 17.4. The molecule has 0 unspecified atom stereocenters. The molecule has 0 aliphatic rings. The molecular weight excluding hydrogens is 430 g/mol. The van der Waals surface area contributed by atoms with Crippen molar-refractivity contribution in [3.8, 4) is 11.4 Å². The zero-order valence-electron chi connectivity index (χ0n) is 19.3. The van der Waals surface area contributed by atoms with Crippen molar-refractivity contribution >= 4 is 23.0 Å². The van der Waals surface area contributed by atoms with E-state index in [0.717, 1.165) is 22.7 Å². The van der Waals surface area contributed by atoms with Crippen LogP contribution in [-0.4, -0.2) is 29.7 Å². The average molecular weight is 456 g/mol. The summed E-state index contributed by atoms with van der Waals surface area (Å²) in [4.78, 5) is 31.2. The summed E-state index contributed by atoms with van der Waals surface area (Å²) in [6.45, 7) is 4.58. The molecule has 0 saturated carbocycles. The maximum atomic E-state index is 13.5. The van der Waals surface area contributed by atoms with Crippen molar-refractivity contribution in [1.82, 2.24) is 23.1 Å². The minimum absolute atomic E-state index is 0.163. The van der Waals surface area contributed by atoms with Crippen LogP contribution < -0.4 is 16.0 Å². The lowest BCUT2D eigenvalue weighted by molar-refractivity contribution is 0.339. The first-order valence-corrected chi connectivity index (χ1v) is 11.1. The molecule has 0 spiro atoms. The van der Waals surface area contributed by atoms with E-state index in [1.165, 1.54) is 9.13 Å². The highest BCUT2D eigenvalue weighted by molar-refractivity contribution is 5.76. The topological polar surface area (TPSA) is 75.5 Å². The van der Waals surface area contributed by atoms with Gasteiger partial charge in [0.2, 0.25) is 5.78 Å². The highest BCUT2D eigenvalue weighted by Gasteiger charge is 2.21. The third kappa shape index (κ3) is 3.44. The molecule has 8 nitrogen and oxygen atoms in total. The van der Waals surface area contributed by atoms with Gasteiger partial charge in [0.25, 0.3) is 5.56 Å². The summed E-state index contributed by atoms with van der Waals surface area (Å²) < 4.78 is 12.2. The summed E-state index contributed by atoms with van der Waals surface area (Å²) >= 11 is 0. The van der Waals surface area contributed by atoms with Gasteiger partial charge in [-0.25, -0.2) is 4.79 Å². The molecule has 0 saturated heterocycles. The number of imidazole rings is 2. The van der Waals surface area contributed by atoms with Crippen LogP contribution in [0.2, 0.25) is 0 Å². The van der Waals surface area contributed by atoms with E-state index in [1.54, 1.807) is 11.4 Å². The fourth-order valence-electron chi connectivity index (χ4n) is 4.25. The Morgan fingerprint density at radius 1 is 1.03 bits per heavy atom. The van der Waals surface area contributed by atoms with Crippen molar-refractivity contribution in [1.29, 1.82) is 0 Å². The van der Waals surface area contributed by atoms with Crippen LogP contribution in [0.15, 0.2) is 76.5 Å². The number of nitrogens with zero attached hydrogens (tertiary/aromatic N) is 5. The van der Waals surface area contributed by atoms with E-state index in [0.29, 0.717) is 23.5 Å². The van der Waals surface area contributed by atoms with Crippen LogP contribution in [0.25, 0.3) is 28.7 Å². The molecule has 0 N–H and O–H groups in total. The van der Waals surface area contributed by atoms with Gasteiger partial charge < -0.3 is 4.74 Å². The predicted molar refractivity (Wildman–Crippen MR) is 133 cm³/mol. The number of rotatable bonds is 6. The van der Waals surface area contributed by atoms with Gasteiger partial charge in [-0.1, -0.05) is 54.6 Å². The van der Waals surface area contributed by atoms with Crippen molar-refractivity contribution in [3.05, 3.63) is 99.0 Å². The Balaban J connectivity index is 1.69. The molecule has 0 atom stereocenters.